The van der Waals surface area contributed by atoms with Gasteiger partial charge in [0.25, 0.3) is 0 Å². The Labute approximate surface area is 365 Å². The lowest BCUT2D eigenvalue weighted by molar-refractivity contribution is 0.593. The topological polar surface area (TPSA) is 60.7 Å². The van der Waals surface area contributed by atoms with Crippen molar-refractivity contribution in [3.05, 3.63) is 224 Å². The van der Waals surface area contributed by atoms with Gasteiger partial charge in [-0.05, 0) is 75.8 Å². The van der Waals surface area contributed by atoms with Gasteiger partial charge in [-0.3, -0.25) is 0 Å². The van der Waals surface area contributed by atoms with Crippen LogP contribution in [0.1, 0.15) is 0 Å². The monoisotopic (exact) mass is 824 g/mol. The molecule has 63 heavy (non-hydrogen) atoms. The first-order chi connectivity index (χ1) is 31.1. The van der Waals surface area contributed by atoms with E-state index >= 15 is 4.57 Å². The van der Waals surface area contributed by atoms with Crippen LogP contribution in [0.5, 0.6) is 0 Å². The molecule has 0 amide bonds. The minimum absolute atomic E-state index is 0.592. The highest BCUT2D eigenvalue weighted by Gasteiger charge is 2.40. The highest BCUT2D eigenvalue weighted by Crippen LogP contribution is 2.53. The molecule has 0 fully saturated rings. The largest absolute Gasteiger partial charge is 0.309 e. The number of fused-ring (bicyclic) bond motifs is 6. The predicted octanol–water partition coefficient (Wildman–Crippen LogP) is 12.9. The molecule has 0 spiro atoms. The molecule has 6 heteroatoms. The lowest BCUT2D eigenvalue weighted by atomic mass is 10.0. The molecule has 0 saturated carbocycles. The van der Waals surface area contributed by atoms with Crippen LogP contribution in [0.15, 0.2) is 224 Å². The number of hydrogen-bond donors (Lipinski definition) is 0. The summed E-state index contributed by atoms with van der Waals surface area (Å²) >= 11 is 0. The van der Waals surface area contributed by atoms with Crippen LogP contribution in [0, 0.1) is 0 Å². The number of nitrogens with zero attached hydrogens (tertiary/aromatic N) is 4. The molecular weight excluding hydrogens is 788 g/mol. The fourth-order valence-corrected chi connectivity index (χ4v) is 12.3. The standard InChI is InChI=1S/C57H37N4OP/c62-63(46-18-8-3-9-19-46)53-23-13-11-21-48(53)50-36-52-49(37-54(50)63)47-20-10-12-22-51(47)61(52)45-34-32-44(33-35-45)57-59-55(42-28-24-40(25-29-42)38-14-4-1-5-15-38)58-56(60-57)43-30-26-41(27-31-43)39-16-6-2-7-17-39/h1-37H. The molecule has 1 atom stereocenters. The Morgan fingerprint density at radius 1 is 0.333 bits per heavy atom. The third-order valence-corrected chi connectivity index (χ3v) is 15.4. The van der Waals surface area contributed by atoms with Crippen molar-refractivity contribution in [2.75, 3.05) is 0 Å². The van der Waals surface area contributed by atoms with Crippen LogP contribution >= 0.6 is 7.14 Å². The highest BCUT2D eigenvalue weighted by molar-refractivity contribution is 7.86. The second-order valence-electron chi connectivity index (χ2n) is 15.9. The van der Waals surface area contributed by atoms with Gasteiger partial charge in [0.1, 0.15) is 0 Å². The third-order valence-electron chi connectivity index (χ3n) is 12.3. The van der Waals surface area contributed by atoms with Crippen LogP contribution in [0.3, 0.4) is 0 Å². The molecule has 3 heterocycles. The number of aromatic nitrogens is 4. The molecule has 5 nitrogen and oxygen atoms in total. The second kappa shape index (κ2) is 14.9. The zero-order chi connectivity index (χ0) is 41.9. The maximum absolute atomic E-state index is 15.4. The Hall–Kier alpha value is -7.98. The molecule has 1 aliphatic rings. The Balaban J connectivity index is 0.976. The molecule has 11 aromatic rings. The van der Waals surface area contributed by atoms with Crippen molar-refractivity contribution in [3.8, 4) is 73.2 Å². The van der Waals surface area contributed by atoms with Crippen molar-refractivity contribution >= 4 is 44.9 Å². The van der Waals surface area contributed by atoms with E-state index in [4.69, 9.17) is 15.0 Å². The van der Waals surface area contributed by atoms with Crippen LogP contribution in [-0.4, -0.2) is 19.5 Å². The van der Waals surface area contributed by atoms with E-state index in [1.54, 1.807) is 0 Å². The van der Waals surface area contributed by atoms with Gasteiger partial charge in [-0.15, -0.1) is 0 Å². The lowest BCUT2D eigenvalue weighted by Crippen LogP contribution is -2.20. The smallest absolute Gasteiger partial charge is 0.172 e. The van der Waals surface area contributed by atoms with Crippen LogP contribution in [0.25, 0.3) is 95.0 Å². The molecule has 9 aromatic carbocycles. The van der Waals surface area contributed by atoms with Crippen LogP contribution < -0.4 is 15.9 Å². The van der Waals surface area contributed by atoms with E-state index < -0.39 is 7.14 Å². The van der Waals surface area contributed by atoms with E-state index in [1.165, 1.54) is 0 Å². The molecule has 12 rings (SSSR count). The SMILES string of the molecule is O=P1(c2ccccc2)c2ccccc2-c2cc3c(cc21)c1ccccc1n3-c1ccc(-c2nc(-c3ccc(-c4ccccc4)cc3)nc(-c3ccc(-c4ccccc4)cc3)n2)cc1. The van der Waals surface area contributed by atoms with Crippen molar-refractivity contribution in [1.82, 2.24) is 19.5 Å². The molecule has 0 aliphatic carbocycles. The van der Waals surface area contributed by atoms with Gasteiger partial charge in [-0.2, -0.15) is 0 Å². The Morgan fingerprint density at radius 3 is 1.35 bits per heavy atom. The average Bonchev–Trinajstić information content (AvgIpc) is 3.83. The summed E-state index contributed by atoms with van der Waals surface area (Å²) in [4.78, 5) is 15.3. The Morgan fingerprint density at radius 2 is 0.778 bits per heavy atom. The van der Waals surface area contributed by atoms with Gasteiger partial charge in [0.15, 0.2) is 24.6 Å². The first kappa shape index (κ1) is 36.8. The summed E-state index contributed by atoms with van der Waals surface area (Å²) in [7, 11) is -3.10. The van der Waals surface area contributed by atoms with E-state index in [0.717, 1.165) is 93.5 Å². The molecule has 2 aromatic heterocycles. The summed E-state index contributed by atoms with van der Waals surface area (Å²) in [6, 6.07) is 77.1. The Bertz CT molecular complexity index is 3450. The van der Waals surface area contributed by atoms with Gasteiger partial charge in [0.2, 0.25) is 0 Å². The van der Waals surface area contributed by atoms with Gasteiger partial charge in [0.05, 0.1) is 11.0 Å². The molecule has 296 valence electrons. The number of hydrogen-bond acceptors (Lipinski definition) is 4. The van der Waals surface area contributed by atoms with Crippen molar-refractivity contribution in [1.29, 1.82) is 0 Å². The summed E-state index contributed by atoms with van der Waals surface area (Å²) in [6.45, 7) is 0. The van der Waals surface area contributed by atoms with Crippen LogP contribution in [-0.2, 0) is 4.57 Å². The summed E-state index contributed by atoms with van der Waals surface area (Å²) in [6.07, 6.45) is 0. The van der Waals surface area contributed by atoms with Gasteiger partial charge < -0.3 is 9.13 Å². The average molecular weight is 825 g/mol. The lowest BCUT2D eigenvalue weighted by Gasteiger charge is -2.16. The molecule has 0 N–H and O–H groups in total. The summed E-state index contributed by atoms with van der Waals surface area (Å²) in [5.41, 5.74) is 12.5. The molecule has 1 unspecified atom stereocenters. The highest BCUT2D eigenvalue weighted by atomic mass is 31.2. The number of benzene rings is 9. The van der Waals surface area contributed by atoms with Gasteiger partial charge in [0, 0.05) is 49.1 Å². The van der Waals surface area contributed by atoms with Crippen molar-refractivity contribution in [3.63, 3.8) is 0 Å². The molecular formula is C57H37N4OP. The van der Waals surface area contributed by atoms with E-state index in [1.807, 2.05) is 60.7 Å². The van der Waals surface area contributed by atoms with Crippen LogP contribution in [0.2, 0.25) is 0 Å². The minimum Gasteiger partial charge on any atom is -0.309 e. The fraction of sp³-hybridized carbons (Fsp3) is 0. The molecule has 0 radical (unpaired) electrons. The normalized spacial score (nSPS) is 14.2. The van der Waals surface area contributed by atoms with Crippen molar-refractivity contribution in [2.45, 2.75) is 0 Å². The first-order valence-electron chi connectivity index (χ1n) is 21.1. The van der Waals surface area contributed by atoms with Crippen molar-refractivity contribution < 1.29 is 4.57 Å². The van der Waals surface area contributed by atoms with Crippen LogP contribution in [0.4, 0.5) is 0 Å². The first-order valence-corrected chi connectivity index (χ1v) is 22.8. The van der Waals surface area contributed by atoms with Gasteiger partial charge in [-0.1, -0.05) is 182 Å². The van der Waals surface area contributed by atoms with E-state index in [0.29, 0.717) is 17.5 Å². The van der Waals surface area contributed by atoms with E-state index in [9.17, 15) is 0 Å². The van der Waals surface area contributed by atoms with E-state index in [2.05, 4.69) is 168 Å². The maximum Gasteiger partial charge on any atom is 0.172 e. The predicted molar refractivity (Wildman–Crippen MR) is 260 cm³/mol. The third kappa shape index (κ3) is 6.16. The zero-order valence-corrected chi connectivity index (χ0v) is 34.9. The Kier molecular flexibility index (Phi) is 8.70. The van der Waals surface area contributed by atoms with Crippen molar-refractivity contribution in [2.24, 2.45) is 0 Å². The van der Waals surface area contributed by atoms with Gasteiger partial charge >= 0.3 is 0 Å². The molecule has 0 saturated heterocycles. The quantitative estimate of drug-likeness (QED) is 0.150. The number of rotatable bonds is 7. The summed E-state index contributed by atoms with van der Waals surface area (Å²) in [5, 5.41) is 4.83. The zero-order valence-electron chi connectivity index (χ0n) is 34.0. The fourth-order valence-electron chi connectivity index (χ4n) is 9.19. The molecule has 0 bridgehead atoms. The second-order valence-corrected chi connectivity index (χ2v) is 18.6. The van der Waals surface area contributed by atoms with Gasteiger partial charge in [-0.25, -0.2) is 15.0 Å². The number of para-hydroxylation sites is 1. The van der Waals surface area contributed by atoms with E-state index in [-0.39, 0.29) is 0 Å². The molecule has 1 aliphatic heterocycles. The minimum atomic E-state index is -3.10. The summed E-state index contributed by atoms with van der Waals surface area (Å²) < 4.78 is 17.8. The summed E-state index contributed by atoms with van der Waals surface area (Å²) in [5.74, 6) is 1.81. The maximum atomic E-state index is 15.4.